The molecule has 2 aromatic rings. The Kier molecular flexibility index (Phi) is 4.68. The molecule has 1 N–H and O–H groups in total. The second-order valence-corrected chi connectivity index (χ2v) is 4.52. The molecule has 0 saturated carbocycles. The van der Waals surface area contributed by atoms with Gasteiger partial charge in [0, 0.05) is 18.9 Å². The third kappa shape index (κ3) is 3.54. The number of benzene rings is 1. The van der Waals surface area contributed by atoms with E-state index in [0.717, 1.165) is 17.8 Å². The fourth-order valence-corrected chi connectivity index (χ4v) is 1.92. The molecule has 108 valence electrons. The van der Waals surface area contributed by atoms with Crippen molar-refractivity contribution < 1.29 is 13.5 Å². The second-order valence-electron chi connectivity index (χ2n) is 4.52. The summed E-state index contributed by atoms with van der Waals surface area (Å²) in [5.74, 6) is -0.885. The van der Waals surface area contributed by atoms with E-state index in [-0.39, 0.29) is 11.6 Å². The van der Waals surface area contributed by atoms with Crippen LogP contribution in [0.5, 0.6) is 0 Å². The molecule has 1 aromatic heterocycles. The van der Waals surface area contributed by atoms with E-state index in [1.165, 1.54) is 6.07 Å². The van der Waals surface area contributed by atoms with Crippen LogP contribution in [0, 0.1) is 11.6 Å². The lowest BCUT2D eigenvalue weighted by molar-refractivity contribution is 0.183. The lowest BCUT2D eigenvalue weighted by atomic mass is 10.1. The first-order valence-corrected chi connectivity index (χ1v) is 6.33. The van der Waals surface area contributed by atoms with Crippen LogP contribution >= 0.6 is 0 Å². The molecule has 0 fully saturated rings. The van der Waals surface area contributed by atoms with Crippen LogP contribution in [0.3, 0.4) is 0 Å². The molecule has 0 aliphatic heterocycles. The van der Waals surface area contributed by atoms with Crippen LogP contribution in [0.1, 0.15) is 18.5 Å². The molecule has 0 aliphatic rings. The lowest BCUT2D eigenvalue weighted by Crippen LogP contribution is -2.09. The summed E-state index contributed by atoms with van der Waals surface area (Å²) in [6.45, 7) is 2.97. The van der Waals surface area contributed by atoms with Gasteiger partial charge in [-0.25, -0.2) is 8.78 Å². The minimum absolute atomic E-state index is 0.287. The molecule has 0 aliphatic carbocycles. The lowest BCUT2D eigenvalue weighted by Gasteiger charge is -2.14. The Morgan fingerprint density at radius 3 is 2.95 bits per heavy atom. The SMILES string of the molecule is COCCn1cc(NC(C)c2cc(F)ccc2F)cn1. The maximum Gasteiger partial charge on any atom is 0.128 e. The van der Waals surface area contributed by atoms with Crippen LogP contribution in [0.2, 0.25) is 0 Å². The summed E-state index contributed by atoms with van der Waals surface area (Å²) in [5, 5.41) is 7.24. The number of hydrogen-bond donors (Lipinski definition) is 1. The van der Waals surface area contributed by atoms with Gasteiger partial charge in [0.1, 0.15) is 11.6 Å². The average molecular weight is 281 g/mol. The third-order valence-corrected chi connectivity index (χ3v) is 2.97. The largest absolute Gasteiger partial charge is 0.383 e. The van der Waals surface area contributed by atoms with Crippen LogP contribution in [-0.2, 0) is 11.3 Å². The average Bonchev–Trinajstić information content (AvgIpc) is 2.86. The standard InChI is InChI=1S/C14H17F2N3O/c1-10(13-7-11(15)3-4-14(13)16)18-12-8-17-19(9-12)5-6-20-2/h3-4,7-10,18H,5-6H2,1-2H3. The summed E-state index contributed by atoms with van der Waals surface area (Å²) < 4.78 is 33.5. The molecule has 0 radical (unpaired) electrons. The van der Waals surface area contributed by atoms with Crippen molar-refractivity contribution in [2.24, 2.45) is 0 Å². The van der Waals surface area contributed by atoms with E-state index in [1.807, 2.05) is 0 Å². The van der Waals surface area contributed by atoms with Crippen LogP contribution in [-0.4, -0.2) is 23.5 Å². The maximum absolute atomic E-state index is 13.7. The Labute approximate surface area is 116 Å². The first-order chi connectivity index (χ1) is 9.60. The molecule has 0 bridgehead atoms. The Balaban J connectivity index is 2.05. The van der Waals surface area contributed by atoms with Gasteiger partial charge in [0.25, 0.3) is 0 Å². The van der Waals surface area contributed by atoms with Gasteiger partial charge in [-0.2, -0.15) is 5.10 Å². The van der Waals surface area contributed by atoms with Crippen LogP contribution in [0.4, 0.5) is 14.5 Å². The molecule has 1 aromatic carbocycles. The number of rotatable bonds is 6. The number of aromatic nitrogens is 2. The van der Waals surface area contributed by atoms with E-state index >= 15 is 0 Å². The van der Waals surface area contributed by atoms with E-state index < -0.39 is 11.6 Å². The molecule has 0 spiro atoms. The summed E-state index contributed by atoms with van der Waals surface area (Å²) in [7, 11) is 1.62. The van der Waals surface area contributed by atoms with Crippen molar-refractivity contribution in [3.05, 3.63) is 47.8 Å². The molecule has 1 heterocycles. The topological polar surface area (TPSA) is 39.1 Å². The van der Waals surface area contributed by atoms with Gasteiger partial charge in [-0.3, -0.25) is 4.68 Å². The summed E-state index contributed by atoms with van der Waals surface area (Å²) in [6.07, 6.45) is 3.44. The van der Waals surface area contributed by atoms with E-state index in [4.69, 9.17) is 4.74 Å². The van der Waals surface area contributed by atoms with E-state index in [1.54, 1.807) is 31.1 Å². The smallest absolute Gasteiger partial charge is 0.128 e. The molecule has 6 heteroatoms. The van der Waals surface area contributed by atoms with Gasteiger partial charge in [-0.05, 0) is 25.1 Å². The highest BCUT2D eigenvalue weighted by Gasteiger charge is 2.12. The van der Waals surface area contributed by atoms with Crippen molar-refractivity contribution in [1.82, 2.24) is 9.78 Å². The van der Waals surface area contributed by atoms with Crippen molar-refractivity contribution in [2.75, 3.05) is 19.0 Å². The first kappa shape index (κ1) is 14.5. The zero-order valence-electron chi connectivity index (χ0n) is 11.4. The third-order valence-electron chi connectivity index (χ3n) is 2.97. The molecular formula is C14H17F2N3O. The number of nitrogens with one attached hydrogen (secondary N) is 1. The Bertz CT molecular complexity index is 571. The molecule has 0 saturated heterocycles. The quantitative estimate of drug-likeness (QED) is 0.884. The van der Waals surface area contributed by atoms with Gasteiger partial charge in [0.05, 0.1) is 31.1 Å². The zero-order valence-corrected chi connectivity index (χ0v) is 11.4. The van der Waals surface area contributed by atoms with Gasteiger partial charge in [0.15, 0.2) is 0 Å². The number of ether oxygens (including phenoxy) is 1. The van der Waals surface area contributed by atoms with Crippen molar-refractivity contribution >= 4 is 5.69 Å². The predicted octanol–water partition coefficient (Wildman–Crippen LogP) is 2.98. The van der Waals surface area contributed by atoms with E-state index in [9.17, 15) is 8.78 Å². The fraction of sp³-hybridized carbons (Fsp3) is 0.357. The summed E-state index contributed by atoms with van der Waals surface area (Å²) >= 11 is 0. The Hall–Kier alpha value is -1.95. The van der Waals surface area contributed by atoms with Crippen molar-refractivity contribution in [2.45, 2.75) is 19.5 Å². The normalized spacial score (nSPS) is 12.4. The predicted molar refractivity (Wildman–Crippen MR) is 72.5 cm³/mol. The summed E-state index contributed by atoms with van der Waals surface area (Å²) in [4.78, 5) is 0. The van der Waals surface area contributed by atoms with Crippen molar-refractivity contribution in [3.8, 4) is 0 Å². The Morgan fingerprint density at radius 1 is 1.40 bits per heavy atom. The van der Waals surface area contributed by atoms with Gasteiger partial charge in [-0.15, -0.1) is 0 Å². The highest BCUT2D eigenvalue weighted by molar-refractivity contribution is 5.41. The van der Waals surface area contributed by atoms with Crippen molar-refractivity contribution in [1.29, 1.82) is 0 Å². The van der Waals surface area contributed by atoms with Crippen molar-refractivity contribution in [3.63, 3.8) is 0 Å². The van der Waals surface area contributed by atoms with Gasteiger partial charge >= 0.3 is 0 Å². The monoisotopic (exact) mass is 281 g/mol. The molecule has 20 heavy (non-hydrogen) atoms. The summed E-state index contributed by atoms with van der Waals surface area (Å²) in [5.41, 5.74) is 1.03. The number of hydrogen-bond acceptors (Lipinski definition) is 3. The fourth-order valence-electron chi connectivity index (χ4n) is 1.92. The minimum Gasteiger partial charge on any atom is -0.383 e. The molecule has 4 nitrogen and oxygen atoms in total. The minimum atomic E-state index is -0.453. The number of halogens is 2. The van der Waals surface area contributed by atoms with E-state index in [2.05, 4.69) is 10.4 Å². The van der Waals surface area contributed by atoms with Gasteiger partial charge < -0.3 is 10.1 Å². The number of methoxy groups -OCH3 is 1. The molecule has 0 amide bonds. The maximum atomic E-state index is 13.7. The Morgan fingerprint density at radius 2 is 2.20 bits per heavy atom. The van der Waals surface area contributed by atoms with Gasteiger partial charge in [0.2, 0.25) is 0 Å². The van der Waals surface area contributed by atoms with Crippen LogP contribution in [0.25, 0.3) is 0 Å². The van der Waals surface area contributed by atoms with Crippen LogP contribution < -0.4 is 5.32 Å². The molecule has 1 atom stereocenters. The second kappa shape index (κ2) is 6.47. The first-order valence-electron chi connectivity index (χ1n) is 6.33. The molecule has 2 rings (SSSR count). The zero-order chi connectivity index (χ0) is 14.5. The number of nitrogens with zero attached hydrogens (tertiary/aromatic N) is 2. The molecular weight excluding hydrogens is 264 g/mol. The summed E-state index contributed by atoms with van der Waals surface area (Å²) in [6, 6.07) is 3.08. The van der Waals surface area contributed by atoms with Gasteiger partial charge in [-0.1, -0.05) is 0 Å². The van der Waals surface area contributed by atoms with Crippen LogP contribution in [0.15, 0.2) is 30.6 Å². The highest BCUT2D eigenvalue weighted by Crippen LogP contribution is 2.22. The van der Waals surface area contributed by atoms with E-state index in [0.29, 0.717) is 13.2 Å². The highest BCUT2D eigenvalue weighted by atomic mass is 19.1. The molecule has 1 unspecified atom stereocenters. The number of anilines is 1.